The number of nitrogens with zero attached hydrogens (tertiary/aromatic N) is 4. The van der Waals surface area contributed by atoms with Crippen molar-refractivity contribution < 1.29 is 4.74 Å². The Morgan fingerprint density at radius 2 is 2.10 bits per heavy atom. The third-order valence-corrected chi connectivity index (χ3v) is 3.50. The van der Waals surface area contributed by atoms with Gasteiger partial charge in [0.2, 0.25) is 0 Å². The summed E-state index contributed by atoms with van der Waals surface area (Å²) in [4.78, 5) is 0. The first-order chi connectivity index (χ1) is 9.58. The van der Waals surface area contributed by atoms with E-state index >= 15 is 0 Å². The molecule has 2 N–H and O–H groups in total. The van der Waals surface area contributed by atoms with Crippen LogP contribution in [0.5, 0.6) is 5.75 Å². The lowest BCUT2D eigenvalue weighted by Gasteiger charge is -2.20. The number of hydrogen-bond donors (Lipinski definition) is 1. The van der Waals surface area contributed by atoms with Crippen LogP contribution in [0.25, 0.3) is 11.4 Å². The summed E-state index contributed by atoms with van der Waals surface area (Å²) in [5.41, 5.74) is 7.50. The minimum Gasteiger partial charge on any atom is -0.497 e. The van der Waals surface area contributed by atoms with Gasteiger partial charge in [-0.2, -0.15) is 0 Å². The van der Waals surface area contributed by atoms with E-state index in [-0.39, 0.29) is 6.04 Å². The highest BCUT2D eigenvalue weighted by Gasteiger charge is 2.21. The number of aromatic nitrogens is 4. The summed E-state index contributed by atoms with van der Waals surface area (Å²) in [6, 6.07) is 5.74. The smallest absolute Gasteiger partial charge is 0.184 e. The van der Waals surface area contributed by atoms with Crippen molar-refractivity contribution in [1.82, 2.24) is 20.2 Å². The van der Waals surface area contributed by atoms with Gasteiger partial charge in [0, 0.05) is 11.3 Å². The maximum Gasteiger partial charge on any atom is 0.184 e. The average molecular weight is 275 g/mol. The summed E-state index contributed by atoms with van der Waals surface area (Å²) in [6.45, 7) is 6.45. The standard InChI is InChI=1S/C14H21N5O/c1-5-13(9(2)3)19-14(16-17-18-19)11-8-10(20-4)6-7-12(11)15/h6-9,13H,5,15H2,1-4H3. The molecule has 2 rings (SSSR count). The zero-order valence-corrected chi connectivity index (χ0v) is 12.4. The first-order valence-corrected chi connectivity index (χ1v) is 6.80. The third-order valence-electron chi connectivity index (χ3n) is 3.50. The van der Waals surface area contributed by atoms with E-state index in [2.05, 4.69) is 36.3 Å². The fraction of sp³-hybridized carbons (Fsp3) is 0.500. The van der Waals surface area contributed by atoms with Crippen molar-refractivity contribution in [3.8, 4) is 17.1 Å². The molecule has 0 aliphatic rings. The lowest BCUT2D eigenvalue weighted by atomic mass is 10.0. The molecule has 0 aliphatic carbocycles. The third kappa shape index (κ3) is 2.59. The second kappa shape index (κ2) is 5.90. The zero-order valence-electron chi connectivity index (χ0n) is 12.4. The van der Waals surface area contributed by atoms with Crippen LogP contribution < -0.4 is 10.5 Å². The summed E-state index contributed by atoms with van der Waals surface area (Å²) < 4.78 is 7.11. The Morgan fingerprint density at radius 1 is 1.35 bits per heavy atom. The van der Waals surface area contributed by atoms with Crippen molar-refractivity contribution in [3.63, 3.8) is 0 Å². The molecule has 0 bridgehead atoms. The summed E-state index contributed by atoms with van der Waals surface area (Å²) in [5, 5.41) is 12.1. The molecule has 1 atom stereocenters. The summed E-state index contributed by atoms with van der Waals surface area (Å²) in [6.07, 6.45) is 0.958. The topological polar surface area (TPSA) is 78.8 Å². The number of benzene rings is 1. The molecule has 0 radical (unpaired) electrons. The van der Waals surface area contributed by atoms with Crippen LogP contribution in [0.4, 0.5) is 5.69 Å². The molecule has 6 heteroatoms. The van der Waals surface area contributed by atoms with Crippen molar-refractivity contribution >= 4 is 5.69 Å². The first kappa shape index (κ1) is 14.3. The molecule has 0 saturated carbocycles. The van der Waals surface area contributed by atoms with Gasteiger partial charge in [-0.05, 0) is 41.0 Å². The molecule has 0 spiro atoms. The highest BCUT2D eigenvalue weighted by Crippen LogP contribution is 2.31. The molecular weight excluding hydrogens is 254 g/mol. The Balaban J connectivity index is 2.51. The molecule has 0 fully saturated rings. The van der Waals surface area contributed by atoms with Crippen molar-refractivity contribution in [3.05, 3.63) is 18.2 Å². The fourth-order valence-corrected chi connectivity index (χ4v) is 2.38. The molecular formula is C14H21N5O. The van der Waals surface area contributed by atoms with Crippen LogP contribution in [0.1, 0.15) is 33.2 Å². The highest BCUT2D eigenvalue weighted by molar-refractivity contribution is 5.73. The van der Waals surface area contributed by atoms with Gasteiger partial charge in [0.25, 0.3) is 0 Å². The fourth-order valence-electron chi connectivity index (χ4n) is 2.38. The summed E-state index contributed by atoms with van der Waals surface area (Å²) in [7, 11) is 1.63. The van der Waals surface area contributed by atoms with Gasteiger partial charge in [0.1, 0.15) is 5.75 Å². The molecule has 108 valence electrons. The normalized spacial score (nSPS) is 12.7. The molecule has 1 aromatic heterocycles. The number of anilines is 1. The highest BCUT2D eigenvalue weighted by atomic mass is 16.5. The van der Waals surface area contributed by atoms with E-state index in [4.69, 9.17) is 10.5 Å². The van der Waals surface area contributed by atoms with E-state index in [9.17, 15) is 0 Å². The lowest BCUT2D eigenvalue weighted by Crippen LogP contribution is -2.17. The van der Waals surface area contributed by atoms with Gasteiger partial charge in [-0.15, -0.1) is 5.10 Å². The van der Waals surface area contributed by atoms with Crippen LogP contribution in [0.2, 0.25) is 0 Å². The molecule has 0 aliphatic heterocycles. The van der Waals surface area contributed by atoms with Crippen LogP contribution >= 0.6 is 0 Å². The van der Waals surface area contributed by atoms with Gasteiger partial charge < -0.3 is 10.5 Å². The van der Waals surface area contributed by atoms with E-state index < -0.39 is 0 Å². The summed E-state index contributed by atoms with van der Waals surface area (Å²) >= 11 is 0. The monoisotopic (exact) mass is 275 g/mol. The zero-order chi connectivity index (χ0) is 14.7. The maximum atomic E-state index is 6.06. The van der Waals surface area contributed by atoms with Crippen LogP contribution in [0, 0.1) is 5.92 Å². The van der Waals surface area contributed by atoms with Crippen molar-refractivity contribution in [2.45, 2.75) is 33.2 Å². The summed E-state index contributed by atoms with van der Waals surface area (Å²) in [5.74, 6) is 1.86. The molecule has 6 nitrogen and oxygen atoms in total. The van der Waals surface area contributed by atoms with Crippen molar-refractivity contribution in [1.29, 1.82) is 0 Å². The van der Waals surface area contributed by atoms with E-state index in [0.29, 0.717) is 17.4 Å². The van der Waals surface area contributed by atoms with Crippen molar-refractivity contribution in [2.24, 2.45) is 5.92 Å². The number of ether oxygens (including phenoxy) is 1. The maximum absolute atomic E-state index is 6.06. The van der Waals surface area contributed by atoms with Crippen LogP contribution in [0.15, 0.2) is 18.2 Å². The van der Waals surface area contributed by atoms with E-state index in [1.807, 2.05) is 22.9 Å². The Bertz CT molecular complexity index is 579. The largest absolute Gasteiger partial charge is 0.497 e. The van der Waals surface area contributed by atoms with Gasteiger partial charge >= 0.3 is 0 Å². The number of nitrogen functional groups attached to an aromatic ring is 1. The van der Waals surface area contributed by atoms with E-state index in [1.54, 1.807) is 7.11 Å². The molecule has 20 heavy (non-hydrogen) atoms. The minimum absolute atomic E-state index is 0.241. The van der Waals surface area contributed by atoms with Gasteiger partial charge in [0.15, 0.2) is 5.82 Å². The molecule has 0 amide bonds. The molecule has 0 saturated heterocycles. The SMILES string of the molecule is CCC(C(C)C)n1nnnc1-c1cc(OC)ccc1N. The van der Waals surface area contributed by atoms with Crippen molar-refractivity contribution in [2.75, 3.05) is 12.8 Å². The lowest BCUT2D eigenvalue weighted by molar-refractivity contribution is 0.333. The Kier molecular flexibility index (Phi) is 4.22. The molecule has 1 unspecified atom stereocenters. The Hall–Kier alpha value is -2.11. The van der Waals surface area contributed by atoms with E-state index in [0.717, 1.165) is 17.7 Å². The number of methoxy groups -OCH3 is 1. The van der Waals surface area contributed by atoms with Gasteiger partial charge in [-0.25, -0.2) is 4.68 Å². The Morgan fingerprint density at radius 3 is 2.70 bits per heavy atom. The number of nitrogens with two attached hydrogens (primary N) is 1. The van der Waals surface area contributed by atoms with Crippen LogP contribution in [-0.4, -0.2) is 27.3 Å². The van der Waals surface area contributed by atoms with Gasteiger partial charge in [0.05, 0.1) is 13.2 Å². The molecule has 1 aromatic carbocycles. The average Bonchev–Trinajstić information content (AvgIpc) is 2.89. The predicted octanol–water partition coefficient (Wildman–Crippen LogP) is 2.54. The predicted molar refractivity (Wildman–Crippen MR) is 78.4 cm³/mol. The number of rotatable bonds is 5. The first-order valence-electron chi connectivity index (χ1n) is 6.80. The second-order valence-electron chi connectivity index (χ2n) is 5.12. The molecule has 1 heterocycles. The van der Waals surface area contributed by atoms with Gasteiger partial charge in [-0.3, -0.25) is 0 Å². The van der Waals surface area contributed by atoms with Crippen LogP contribution in [0.3, 0.4) is 0 Å². The molecule has 2 aromatic rings. The number of hydrogen-bond acceptors (Lipinski definition) is 5. The van der Waals surface area contributed by atoms with Gasteiger partial charge in [-0.1, -0.05) is 20.8 Å². The number of tetrazole rings is 1. The minimum atomic E-state index is 0.241. The van der Waals surface area contributed by atoms with E-state index in [1.165, 1.54) is 0 Å². The quantitative estimate of drug-likeness (QED) is 0.848. The Labute approximate surface area is 118 Å². The second-order valence-corrected chi connectivity index (χ2v) is 5.12. The van der Waals surface area contributed by atoms with Crippen LogP contribution in [-0.2, 0) is 0 Å².